The van der Waals surface area contributed by atoms with Gasteiger partial charge in [0.1, 0.15) is 17.6 Å². The summed E-state index contributed by atoms with van der Waals surface area (Å²) in [6.07, 6.45) is 1.72. The van der Waals surface area contributed by atoms with Gasteiger partial charge in [-0.3, -0.25) is 9.36 Å². The molecule has 1 amide bonds. The molecule has 0 radical (unpaired) electrons. The number of carboxylic acids is 1. The highest BCUT2D eigenvalue weighted by Gasteiger charge is 2.14. The van der Waals surface area contributed by atoms with E-state index in [0.717, 1.165) is 16.7 Å². The molecule has 7 nitrogen and oxygen atoms in total. The molecule has 1 heterocycles. The predicted molar refractivity (Wildman–Crippen MR) is 109 cm³/mol. The lowest BCUT2D eigenvalue weighted by atomic mass is 10.1. The van der Waals surface area contributed by atoms with E-state index in [9.17, 15) is 9.59 Å². The number of aromatic carboxylic acids is 1. The van der Waals surface area contributed by atoms with Crippen LogP contribution >= 0.6 is 0 Å². The number of rotatable bonds is 5. The highest BCUT2D eigenvalue weighted by atomic mass is 16.5. The van der Waals surface area contributed by atoms with E-state index >= 15 is 0 Å². The molecule has 1 aromatic heterocycles. The van der Waals surface area contributed by atoms with Gasteiger partial charge in [0.2, 0.25) is 0 Å². The number of aromatic nitrogens is 2. The Morgan fingerprint density at radius 1 is 1.03 bits per heavy atom. The summed E-state index contributed by atoms with van der Waals surface area (Å²) >= 11 is 0. The number of para-hydroxylation sites is 2. The van der Waals surface area contributed by atoms with Crippen LogP contribution in [0.3, 0.4) is 0 Å². The molecule has 0 bridgehead atoms. The van der Waals surface area contributed by atoms with E-state index < -0.39 is 5.97 Å². The van der Waals surface area contributed by atoms with Crippen LogP contribution in [0.5, 0.6) is 5.75 Å². The molecule has 3 aromatic carbocycles. The number of imidazole rings is 1. The fourth-order valence-electron chi connectivity index (χ4n) is 3.11. The van der Waals surface area contributed by atoms with Gasteiger partial charge in [-0.15, -0.1) is 0 Å². The molecule has 0 saturated heterocycles. The van der Waals surface area contributed by atoms with Crippen LogP contribution in [0, 0.1) is 0 Å². The van der Waals surface area contributed by atoms with Crippen LogP contribution in [0.4, 0.5) is 5.69 Å². The highest BCUT2D eigenvalue weighted by molar-refractivity contribution is 6.05. The molecule has 4 aromatic rings. The molecule has 0 atom stereocenters. The summed E-state index contributed by atoms with van der Waals surface area (Å²) in [6.45, 7) is 0. The minimum atomic E-state index is -1.10. The largest absolute Gasteiger partial charge is 0.496 e. The summed E-state index contributed by atoms with van der Waals surface area (Å²) in [7, 11) is 1.38. The Labute approximate surface area is 166 Å². The second kappa shape index (κ2) is 7.47. The topological polar surface area (TPSA) is 93.5 Å². The second-order valence-corrected chi connectivity index (χ2v) is 6.33. The molecule has 144 valence electrons. The van der Waals surface area contributed by atoms with Crippen molar-refractivity contribution in [2.45, 2.75) is 0 Å². The first-order valence-corrected chi connectivity index (χ1v) is 8.82. The van der Waals surface area contributed by atoms with Crippen LogP contribution < -0.4 is 10.1 Å². The van der Waals surface area contributed by atoms with E-state index in [1.165, 1.54) is 25.3 Å². The number of nitrogens with one attached hydrogen (secondary N) is 1. The van der Waals surface area contributed by atoms with Crippen molar-refractivity contribution in [2.75, 3.05) is 12.4 Å². The van der Waals surface area contributed by atoms with Crippen molar-refractivity contribution >= 4 is 28.6 Å². The zero-order valence-corrected chi connectivity index (χ0v) is 15.5. The first-order chi connectivity index (χ1) is 14.1. The minimum absolute atomic E-state index is 0.0273. The Hall–Kier alpha value is -4.13. The van der Waals surface area contributed by atoms with E-state index in [0.29, 0.717) is 11.3 Å². The number of anilines is 1. The van der Waals surface area contributed by atoms with Crippen molar-refractivity contribution in [3.8, 4) is 11.4 Å². The zero-order valence-electron chi connectivity index (χ0n) is 15.5. The molecular formula is C22H17N3O4. The SMILES string of the molecule is COc1cc(NC(=O)c2cccc(-n3cnc4ccccc43)c2)ccc1C(=O)O. The van der Waals surface area contributed by atoms with Crippen LogP contribution in [0.1, 0.15) is 20.7 Å². The molecule has 0 fully saturated rings. The van der Waals surface area contributed by atoms with Crippen LogP contribution in [0.2, 0.25) is 0 Å². The van der Waals surface area contributed by atoms with Gasteiger partial charge in [0.25, 0.3) is 5.91 Å². The van der Waals surface area contributed by atoms with E-state index in [4.69, 9.17) is 9.84 Å². The van der Waals surface area contributed by atoms with Gasteiger partial charge in [-0.25, -0.2) is 9.78 Å². The number of carboxylic acid groups (broad SMARTS) is 1. The van der Waals surface area contributed by atoms with Crippen molar-refractivity contribution in [3.63, 3.8) is 0 Å². The number of hydrogen-bond donors (Lipinski definition) is 2. The minimum Gasteiger partial charge on any atom is -0.496 e. The number of methoxy groups -OCH3 is 1. The van der Waals surface area contributed by atoms with Gasteiger partial charge < -0.3 is 15.2 Å². The maximum Gasteiger partial charge on any atom is 0.339 e. The van der Waals surface area contributed by atoms with Gasteiger partial charge in [0.05, 0.1) is 18.1 Å². The van der Waals surface area contributed by atoms with Gasteiger partial charge in [0.15, 0.2) is 0 Å². The average molecular weight is 387 g/mol. The first-order valence-electron chi connectivity index (χ1n) is 8.82. The Kier molecular flexibility index (Phi) is 4.70. The molecular weight excluding hydrogens is 370 g/mol. The first kappa shape index (κ1) is 18.2. The van der Waals surface area contributed by atoms with Crippen molar-refractivity contribution < 1.29 is 19.4 Å². The maximum absolute atomic E-state index is 12.7. The van der Waals surface area contributed by atoms with Gasteiger partial charge in [0, 0.05) is 23.0 Å². The molecule has 2 N–H and O–H groups in total. The number of nitrogens with zero attached hydrogens (tertiary/aromatic N) is 2. The number of amides is 1. The van der Waals surface area contributed by atoms with Crippen molar-refractivity contribution in [2.24, 2.45) is 0 Å². The summed E-state index contributed by atoms with van der Waals surface area (Å²) < 4.78 is 7.01. The molecule has 0 aliphatic rings. The summed E-state index contributed by atoms with van der Waals surface area (Å²) in [5, 5.41) is 11.9. The number of benzene rings is 3. The molecule has 0 aliphatic heterocycles. The molecule has 0 spiro atoms. The van der Waals surface area contributed by atoms with Crippen LogP contribution in [0.25, 0.3) is 16.7 Å². The molecule has 0 aliphatic carbocycles. The summed E-state index contributed by atoms with van der Waals surface area (Å²) in [5.74, 6) is -1.24. The third-order valence-electron chi connectivity index (χ3n) is 4.53. The fraction of sp³-hybridized carbons (Fsp3) is 0.0455. The third kappa shape index (κ3) is 3.53. The van der Waals surface area contributed by atoms with Gasteiger partial charge in [-0.1, -0.05) is 18.2 Å². The highest BCUT2D eigenvalue weighted by Crippen LogP contribution is 2.24. The van der Waals surface area contributed by atoms with Gasteiger partial charge in [-0.05, 0) is 42.5 Å². The van der Waals surface area contributed by atoms with E-state index in [-0.39, 0.29) is 17.2 Å². The average Bonchev–Trinajstić information content (AvgIpc) is 3.17. The molecule has 29 heavy (non-hydrogen) atoms. The summed E-state index contributed by atoms with van der Waals surface area (Å²) in [4.78, 5) is 28.3. The lowest BCUT2D eigenvalue weighted by molar-refractivity contribution is 0.0693. The summed E-state index contributed by atoms with van der Waals surface area (Å²) in [6, 6.07) is 19.3. The Bertz CT molecular complexity index is 1230. The number of carbonyl (C=O) groups excluding carboxylic acids is 1. The summed E-state index contributed by atoms with van der Waals surface area (Å²) in [5.41, 5.74) is 3.55. The Morgan fingerprint density at radius 3 is 2.66 bits per heavy atom. The van der Waals surface area contributed by atoms with E-state index in [1.54, 1.807) is 24.5 Å². The fourth-order valence-corrected chi connectivity index (χ4v) is 3.11. The number of carbonyl (C=O) groups is 2. The Balaban J connectivity index is 1.62. The van der Waals surface area contributed by atoms with Crippen molar-refractivity contribution in [1.29, 1.82) is 0 Å². The van der Waals surface area contributed by atoms with Crippen molar-refractivity contribution in [1.82, 2.24) is 9.55 Å². The quantitative estimate of drug-likeness (QED) is 0.540. The monoisotopic (exact) mass is 387 g/mol. The van der Waals surface area contributed by atoms with Crippen molar-refractivity contribution in [3.05, 3.63) is 84.2 Å². The van der Waals surface area contributed by atoms with E-state index in [1.807, 2.05) is 34.9 Å². The molecule has 0 saturated carbocycles. The van der Waals surface area contributed by atoms with Crippen LogP contribution in [-0.4, -0.2) is 33.6 Å². The third-order valence-corrected chi connectivity index (χ3v) is 4.53. The van der Waals surface area contributed by atoms with Crippen LogP contribution in [-0.2, 0) is 0 Å². The smallest absolute Gasteiger partial charge is 0.339 e. The van der Waals surface area contributed by atoms with Gasteiger partial charge in [-0.2, -0.15) is 0 Å². The molecule has 7 heteroatoms. The normalized spacial score (nSPS) is 10.7. The number of hydrogen-bond acceptors (Lipinski definition) is 4. The lowest BCUT2D eigenvalue weighted by Gasteiger charge is -2.10. The van der Waals surface area contributed by atoms with E-state index in [2.05, 4.69) is 10.3 Å². The predicted octanol–water partition coefficient (Wildman–Crippen LogP) is 3.98. The second-order valence-electron chi connectivity index (χ2n) is 6.33. The molecule has 4 rings (SSSR count). The number of ether oxygens (including phenoxy) is 1. The van der Waals surface area contributed by atoms with Crippen LogP contribution in [0.15, 0.2) is 73.1 Å². The Morgan fingerprint density at radius 2 is 1.86 bits per heavy atom. The maximum atomic E-state index is 12.7. The number of fused-ring (bicyclic) bond motifs is 1. The standard InChI is InChI=1S/C22H17N3O4/c1-29-20-12-15(9-10-17(20)22(27)28)24-21(26)14-5-4-6-16(11-14)25-13-23-18-7-2-3-8-19(18)25/h2-13H,1H3,(H,24,26)(H,27,28). The zero-order chi connectivity index (χ0) is 20.4. The molecule has 0 unspecified atom stereocenters. The van der Waals surface area contributed by atoms with Gasteiger partial charge >= 0.3 is 5.97 Å². The lowest BCUT2D eigenvalue weighted by Crippen LogP contribution is -2.13.